The third kappa shape index (κ3) is 4.67. The molecule has 0 fully saturated rings. The van der Waals surface area contributed by atoms with Gasteiger partial charge in [-0.3, -0.25) is 19.2 Å². The number of benzene rings is 1. The minimum absolute atomic E-state index is 0.102. The number of carbonyl (C=O) groups is 2. The highest BCUT2D eigenvalue weighted by molar-refractivity contribution is 6.42. The first-order valence-corrected chi connectivity index (χ1v) is 8.65. The molecule has 1 aromatic carbocycles. The molecule has 1 unspecified atom stereocenters. The second kappa shape index (κ2) is 8.78. The van der Waals surface area contributed by atoms with Gasteiger partial charge in [0.05, 0.1) is 17.8 Å². The molecule has 0 spiro atoms. The number of likely N-dealkylation sites (N-methyl/N-ethyl adjacent to an activating group) is 1. The van der Waals surface area contributed by atoms with Gasteiger partial charge in [-0.1, -0.05) is 43.6 Å². The minimum Gasteiger partial charge on any atom is -0.347 e. The van der Waals surface area contributed by atoms with Crippen LogP contribution in [0.2, 0.25) is 5.02 Å². The highest BCUT2D eigenvalue weighted by Crippen LogP contribution is 2.26. The van der Waals surface area contributed by atoms with Crippen LogP contribution >= 0.6 is 11.6 Å². The summed E-state index contributed by atoms with van der Waals surface area (Å²) in [6.45, 7) is 6.01. The largest absolute Gasteiger partial charge is 0.347 e. The van der Waals surface area contributed by atoms with E-state index in [1.54, 1.807) is 7.05 Å². The maximum atomic E-state index is 12.2. The molecular weight excluding hydrogens is 340 g/mol. The van der Waals surface area contributed by atoms with E-state index in [4.69, 9.17) is 11.6 Å². The summed E-state index contributed by atoms with van der Waals surface area (Å²) in [5.74, 6) is -1.23. The Bertz CT molecular complexity index is 740. The molecule has 25 heavy (non-hydrogen) atoms. The van der Waals surface area contributed by atoms with Crippen LogP contribution in [0.15, 0.2) is 36.7 Å². The molecule has 0 saturated carbocycles. The number of carbonyl (C=O) groups excluding carboxylic acids is 2. The average Bonchev–Trinajstić information content (AvgIpc) is 3.05. The number of hydrogen-bond donors (Lipinski definition) is 1. The van der Waals surface area contributed by atoms with Crippen molar-refractivity contribution in [2.24, 2.45) is 7.05 Å². The highest BCUT2D eigenvalue weighted by Gasteiger charge is 2.23. The fourth-order valence-corrected chi connectivity index (χ4v) is 3.05. The van der Waals surface area contributed by atoms with E-state index in [0.29, 0.717) is 11.6 Å². The predicted octanol–water partition coefficient (Wildman–Crippen LogP) is 2.46. The summed E-state index contributed by atoms with van der Waals surface area (Å²) < 4.78 is 1.49. The van der Waals surface area contributed by atoms with Gasteiger partial charge in [-0.2, -0.15) is 5.10 Å². The summed E-state index contributed by atoms with van der Waals surface area (Å²) in [4.78, 5) is 26.6. The fourth-order valence-electron chi connectivity index (χ4n) is 2.78. The van der Waals surface area contributed by atoms with Crippen molar-refractivity contribution >= 4 is 23.3 Å². The normalized spacial score (nSPS) is 12.2. The molecule has 6 nitrogen and oxygen atoms in total. The number of hydrogen-bond acceptors (Lipinski definition) is 4. The van der Waals surface area contributed by atoms with Crippen LogP contribution in [-0.4, -0.2) is 46.0 Å². The second-order valence-electron chi connectivity index (χ2n) is 5.70. The molecule has 0 bridgehead atoms. The predicted molar refractivity (Wildman–Crippen MR) is 97.7 cm³/mol. The standard InChI is InChI=1S/C18H23ClN4O2/c1-4-23(5-2)16(14-8-6-7-9-15(14)19)11-20-18(25)17(24)13-10-21-22(3)12-13/h6-10,12,16H,4-5,11H2,1-3H3,(H,20,25). The monoisotopic (exact) mass is 362 g/mol. The molecule has 0 aliphatic carbocycles. The number of aromatic nitrogens is 2. The van der Waals surface area contributed by atoms with Crippen LogP contribution in [-0.2, 0) is 11.8 Å². The van der Waals surface area contributed by atoms with Crippen molar-refractivity contribution in [3.8, 4) is 0 Å². The van der Waals surface area contributed by atoms with E-state index in [9.17, 15) is 9.59 Å². The van der Waals surface area contributed by atoms with Crippen molar-refractivity contribution in [2.75, 3.05) is 19.6 Å². The van der Waals surface area contributed by atoms with Crippen LogP contribution in [0.1, 0.15) is 35.8 Å². The van der Waals surface area contributed by atoms with Crippen molar-refractivity contribution in [1.29, 1.82) is 0 Å². The van der Waals surface area contributed by atoms with Crippen molar-refractivity contribution < 1.29 is 9.59 Å². The van der Waals surface area contributed by atoms with Crippen molar-refractivity contribution in [3.63, 3.8) is 0 Å². The third-order valence-electron chi connectivity index (χ3n) is 4.15. The van der Waals surface area contributed by atoms with Crippen LogP contribution in [0.3, 0.4) is 0 Å². The zero-order valence-corrected chi connectivity index (χ0v) is 15.5. The summed E-state index contributed by atoms with van der Waals surface area (Å²) in [5, 5.41) is 7.30. The van der Waals surface area contributed by atoms with Crippen molar-refractivity contribution in [3.05, 3.63) is 52.8 Å². The molecule has 0 radical (unpaired) electrons. The topological polar surface area (TPSA) is 67.2 Å². The fraction of sp³-hybridized carbons (Fsp3) is 0.389. The van der Waals surface area contributed by atoms with Crippen molar-refractivity contribution in [2.45, 2.75) is 19.9 Å². The number of Topliss-reactive ketones (excluding diaryl/α,β-unsaturated/α-hetero) is 1. The van der Waals surface area contributed by atoms with Crippen LogP contribution in [0.5, 0.6) is 0 Å². The lowest BCUT2D eigenvalue weighted by Gasteiger charge is -2.30. The van der Waals surface area contributed by atoms with E-state index >= 15 is 0 Å². The summed E-state index contributed by atoms with van der Waals surface area (Å²) >= 11 is 6.34. The molecule has 2 rings (SSSR count). The molecule has 1 heterocycles. The van der Waals surface area contributed by atoms with Gasteiger partial charge in [0.25, 0.3) is 11.7 Å². The van der Waals surface area contributed by atoms with Gasteiger partial charge in [0.15, 0.2) is 0 Å². The summed E-state index contributed by atoms with van der Waals surface area (Å²) in [6.07, 6.45) is 2.91. The quantitative estimate of drug-likeness (QED) is 0.578. The SMILES string of the molecule is CCN(CC)C(CNC(=O)C(=O)c1cnn(C)c1)c1ccccc1Cl. The Morgan fingerprint density at radius 2 is 1.96 bits per heavy atom. The van der Waals surface area contributed by atoms with E-state index in [0.717, 1.165) is 18.7 Å². The summed E-state index contributed by atoms with van der Waals surface area (Å²) in [5.41, 5.74) is 1.21. The van der Waals surface area contributed by atoms with Gasteiger partial charge in [-0.05, 0) is 24.7 Å². The molecule has 1 aromatic heterocycles. The number of aryl methyl sites for hydroxylation is 1. The molecule has 1 N–H and O–H groups in total. The van der Waals surface area contributed by atoms with Crippen LogP contribution in [0, 0.1) is 0 Å². The Morgan fingerprint density at radius 3 is 2.52 bits per heavy atom. The Kier molecular flexibility index (Phi) is 6.73. The van der Waals surface area contributed by atoms with Crippen LogP contribution in [0.25, 0.3) is 0 Å². The maximum absolute atomic E-state index is 12.2. The maximum Gasteiger partial charge on any atom is 0.292 e. The average molecular weight is 363 g/mol. The minimum atomic E-state index is -0.641. The van der Waals surface area contributed by atoms with Gasteiger partial charge < -0.3 is 5.32 Å². The second-order valence-corrected chi connectivity index (χ2v) is 6.11. The molecule has 134 valence electrons. The molecule has 1 amide bonds. The van der Waals surface area contributed by atoms with Crippen LogP contribution < -0.4 is 5.32 Å². The van der Waals surface area contributed by atoms with Crippen molar-refractivity contribution in [1.82, 2.24) is 20.0 Å². The molecule has 0 aliphatic heterocycles. The molecule has 2 aromatic rings. The van der Waals surface area contributed by atoms with E-state index < -0.39 is 11.7 Å². The van der Waals surface area contributed by atoms with E-state index in [1.807, 2.05) is 24.3 Å². The number of amides is 1. The summed E-state index contributed by atoms with van der Waals surface area (Å²) in [7, 11) is 1.70. The summed E-state index contributed by atoms with van der Waals surface area (Å²) in [6, 6.07) is 7.46. The molecular formula is C18H23ClN4O2. The van der Waals surface area contributed by atoms with E-state index in [-0.39, 0.29) is 11.6 Å². The zero-order valence-electron chi connectivity index (χ0n) is 14.7. The Balaban J connectivity index is 2.13. The lowest BCUT2D eigenvalue weighted by molar-refractivity contribution is -0.117. The molecule has 0 saturated heterocycles. The van der Waals surface area contributed by atoms with Gasteiger partial charge in [0, 0.05) is 24.8 Å². The smallest absolute Gasteiger partial charge is 0.292 e. The van der Waals surface area contributed by atoms with E-state index in [2.05, 4.69) is 29.2 Å². The zero-order chi connectivity index (χ0) is 18.4. The first kappa shape index (κ1) is 19.1. The van der Waals surface area contributed by atoms with E-state index in [1.165, 1.54) is 17.1 Å². The first-order valence-electron chi connectivity index (χ1n) is 8.27. The molecule has 0 aliphatic rings. The number of nitrogens with zero attached hydrogens (tertiary/aromatic N) is 3. The Labute approximate surface area is 152 Å². The van der Waals surface area contributed by atoms with Gasteiger partial charge in [0.1, 0.15) is 0 Å². The lowest BCUT2D eigenvalue weighted by Crippen LogP contribution is -2.40. The molecule has 1 atom stereocenters. The van der Waals surface area contributed by atoms with Gasteiger partial charge in [0.2, 0.25) is 0 Å². The Hall–Kier alpha value is -2.18. The highest BCUT2D eigenvalue weighted by atomic mass is 35.5. The van der Waals surface area contributed by atoms with Crippen LogP contribution in [0.4, 0.5) is 0 Å². The lowest BCUT2D eigenvalue weighted by atomic mass is 10.0. The molecule has 7 heteroatoms. The number of halogens is 1. The van der Waals surface area contributed by atoms with Gasteiger partial charge >= 0.3 is 0 Å². The van der Waals surface area contributed by atoms with Gasteiger partial charge in [-0.25, -0.2) is 0 Å². The third-order valence-corrected chi connectivity index (χ3v) is 4.49. The first-order chi connectivity index (χ1) is 12.0. The number of nitrogens with one attached hydrogen (secondary N) is 1. The number of ketones is 1. The number of rotatable bonds is 8. The Morgan fingerprint density at radius 1 is 1.28 bits per heavy atom. The van der Waals surface area contributed by atoms with Gasteiger partial charge in [-0.15, -0.1) is 0 Å².